The molecular weight excluding hydrogens is 162 g/mol. The highest BCUT2D eigenvalue weighted by molar-refractivity contribution is 5.06. The Kier molecular flexibility index (Phi) is 2.75. The van der Waals surface area contributed by atoms with E-state index in [0.29, 0.717) is 11.3 Å². The molecule has 2 atom stereocenters. The minimum absolute atomic E-state index is 0.00581. The van der Waals surface area contributed by atoms with Crippen LogP contribution in [-0.4, -0.2) is 19.3 Å². The predicted octanol–water partition coefficient (Wildman–Crippen LogP) is 2.03. The molecule has 0 aromatic rings. The summed E-state index contributed by atoms with van der Waals surface area (Å²) in [6, 6.07) is 0. The first kappa shape index (κ1) is 11.0. The Hall–Kier alpha value is -0.0800. The van der Waals surface area contributed by atoms with E-state index in [-0.39, 0.29) is 5.60 Å². The fraction of sp³-hybridized carbons (Fsp3) is 1.00. The average molecular weight is 185 g/mol. The van der Waals surface area contributed by atoms with Crippen LogP contribution in [0.25, 0.3) is 0 Å². The number of nitrogens with two attached hydrogens (primary N) is 1. The van der Waals surface area contributed by atoms with E-state index in [2.05, 4.69) is 27.7 Å². The van der Waals surface area contributed by atoms with Gasteiger partial charge < -0.3 is 10.5 Å². The maximum absolute atomic E-state index is 5.72. The summed E-state index contributed by atoms with van der Waals surface area (Å²) in [6.45, 7) is 9.73. The molecule has 1 aliphatic carbocycles. The zero-order valence-corrected chi connectivity index (χ0v) is 9.55. The quantitative estimate of drug-likeness (QED) is 0.727. The van der Waals surface area contributed by atoms with E-state index in [9.17, 15) is 0 Å². The van der Waals surface area contributed by atoms with Crippen LogP contribution in [0.1, 0.15) is 34.1 Å². The van der Waals surface area contributed by atoms with E-state index >= 15 is 0 Å². The van der Waals surface area contributed by atoms with Crippen molar-refractivity contribution < 1.29 is 4.74 Å². The molecule has 2 nitrogen and oxygen atoms in total. The molecule has 13 heavy (non-hydrogen) atoms. The van der Waals surface area contributed by atoms with Crippen molar-refractivity contribution in [1.82, 2.24) is 0 Å². The van der Waals surface area contributed by atoms with Gasteiger partial charge in [0.1, 0.15) is 0 Å². The standard InChI is InChI=1S/C11H23NO/c1-10(2,13-5)6-8-9(7-12)11(8,3)4/h8-9H,6-7,12H2,1-5H3/t8-,9-/m1/s1. The van der Waals surface area contributed by atoms with Crippen LogP contribution >= 0.6 is 0 Å². The van der Waals surface area contributed by atoms with E-state index < -0.39 is 0 Å². The van der Waals surface area contributed by atoms with Gasteiger partial charge in [-0.15, -0.1) is 0 Å². The minimum Gasteiger partial charge on any atom is -0.379 e. The highest BCUT2D eigenvalue weighted by Gasteiger charge is 2.57. The molecule has 0 aromatic carbocycles. The third kappa shape index (κ3) is 2.05. The van der Waals surface area contributed by atoms with E-state index in [0.717, 1.165) is 18.9 Å². The van der Waals surface area contributed by atoms with Crippen molar-refractivity contribution in [2.45, 2.75) is 39.7 Å². The van der Waals surface area contributed by atoms with Crippen LogP contribution in [0.4, 0.5) is 0 Å². The molecule has 0 aliphatic heterocycles. The van der Waals surface area contributed by atoms with Gasteiger partial charge in [-0.1, -0.05) is 13.8 Å². The molecule has 2 N–H and O–H groups in total. The van der Waals surface area contributed by atoms with Crippen molar-refractivity contribution in [1.29, 1.82) is 0 Å². The van der Waals surface area contributed by atoms with Crippen molar-refractivity contribution >= 4 is 0 Å². The largest absolute Gasteiger partial charge is 0.379 e. The van der Waals surface area contributed by atoms with Crippen LogP contribution in [0, 0.1) is 17.3 Å². The fourth-order valence-corrected chi connectivity index (χ4v) is 2.34. The van der Waals surface area contributed by atoms with Gasteiger partial charge in [0.15, 0.2) is 0 Å². The number of ether oxygens (including phenoxy) is 1. The highest BCUT2D eigenvalue weighted by Crippen LogP contribution is 2.60. The summed E-state index contributed by atoms with van der Waals surface area (Å²) in [7, 11) is 1.78. The number of rotatable bonds is 4. The zero-order valence-electron chi connectivity index (χ0n) is 9.55. The van der Waals surface area contributed by atoms with Gasteiger partial charge in [0.2, 0.25) is 0 Å². The Morgan fingerprint density at radius 1 is 1.31 bits per heavy atom. The van der Waals surface area contributed by atoms with Crippen molar-refractivity contribution in [3.05, 3.63) is 0 Å². The molecule has 0 aromatic heterocycles. The van der Waals surface area contributed by atoms with Crippen molar-refractivity contribution in [3.63, 3.8) is 0 Å². The molecule has 1 saturated carbocycles. The van der Waals surface area contributed by atoms with E-state index in [1.807, 2.05) is 0 Å². The van der Waals surface area contributed by atoms with Gasteiger partial charge in [0, 0.05) is 7.11 Å². The van der Waals surface area contributed by atoms with Crippen molar-refractivity contribution in [2.75, 3.05) is 13.7 Å². The smallest absolute Gasteiger partial charge is 0.0625 e. The van der Waals surface area contributed by atoms with E-state index in [1.165, 1.54) is 0 Å². The van der Waals surface area contributed by atoms with E-state index in [4.69, 9.17) is 10.5 Å². The first-order valence-corrected chi connectivity index (χ1v) is 5.10. The van der Waals surface area contributed by atoms with E-state index in [1.54, 1.807) is 7.11 Å². The van der Waals surface area contributed by atoms with Crippen LogP contribution < -0.4 is 5.73 Å². The highest BCUT2D eigenvalue weighted by atomic mass is 16.5. The molecule has 1 rings (SSSR count). The molecule has 0 spiro atoms. The second kappa shape index (κ2) is 3.25. The topological polar surface area (TPSA) is 35.2 Å². The molecule has 0 bridgehead atoms. The van der Waals surface area contributed by atoms with Crippen molar-refractivity contribution in [2.24, 2.45) is 23.0 Å². The lowest BCUT2D eigenvalue weighted by Crippen LogP contribution is -2.24. The lowest BCUT2D eigenvalue weighted by atomic mass is 9.97. The summed E-state index contributed by atoms with van der Waals surface area (Å²) in [5.74, 6) is 1.44. The number of hydrogen-bond donors (Lipinski definition) is 1. The maximum Gasteiger partial charge on any atom is 0.0625 e. The number of methoxy groups -OCH3 is 1. The third-order valence-electron chi connectivity index (χ3n) is 3.81. The monoisotopic (exact) mass is 185 g/mol. The average Bonchev–Trinajstić information content (AvgIpc) is 2.52. The van der Waals surface area contributed by atoms with Crippen LogP contribution in [0.5, 0.6) is 0 Å². The predicted molar refractivity (Wildman–Crippen MR) is 55.5 cm³/mol. The zero-order chi connectivity index (χ0) is 10.3. The van der Waals surface area contributed by atoms with Crippen LogP contribution in [0.3, 0.4) is 0 Å². The molecule has 0 radical (unpaired) electrons. The first-order valence-electron chi connectivity index (χ1n) is 5.10. The van der Waals surface area contributed by atoms with Gasteiger partial charge in [-0.2, -0.15) is 0 Å². The Labute approximate surface area is 81.8 Å². The first-order chi connectivity index (χ1) is 5.85. The number of hydrogen-bond acceptors (Lipinski definition) is 2. The summed E-state index contributed by atoms with van der Waals surface area (Å²) in [5, 5.41) is 0. The summed E-state index contributed by atoms with van der Waals surface area (Å²) in [4.78, 5) is 0. The molecule has 78 valence electrons. The maximum atomic E-state index is 5.72. The van der Waals surface area contributed by atoms with Gasteiger partial charge >= 0.3 is 0 Å². The van der Waals surface area contributed by atoms with Crippen molar-refractivity contribution in [3.8, 4) is 0 Å². The molecule has 0 heterocycles. The Morgan fingerprint density at radius 3 is 2.15 bits per heavy atom. The lowest BCUT2D eigenvalue weighted by Gasteiger charge is -2.23. The molecule has 1 fully saturated rings. The molecule has 0 saturated heterocycles. The minimum atomic E-state index is 0.00581. The van der Waals surface area contributed by atoms with Crippen LogP contribution in [0.2, 0.25) is 0 Å². The summed E-state index contributed by atoms with van der Waals surface area (Å²) >= 11 is 0. The molecular formula is C11H23NO. The summed E-state index contributed by atoms with van der Waals surface area (Å²) in [6.07, 6.45) is 1.12. The Balaban J connectivity index is 2.49. The normalized spacial score (nSPS) is 31.8. The second-order valence-corrected chi connectivity index (χ2v) is 5.44. The van der Waals surface area contributed by atoms with Crippen LogP contribution in [0.15, 0.2) is 0 Å². The summed E-state index contributed by atoms with van der Waals surface area (Å²) in [5.41, 5.74) is 6.16. The lowest BCUT2D eigenvalue weighted by molar-refractivity contribution is 0.00760. The summed E-state index contributed by atoms with van der Waals surface area (Å²) < 4.78 is 5.43. The van der Waals surface area contributed by atoms with Crippen LogP contribution in [-0.2, 0) is 4.74 Å². The SMILES string of the molecule is COC(C)(C)C[C@@H]1[C@@H](CN)C1(C)C. The second-order valence-electron chi connectivity index (χ2n) is 5.44. The molecule has 1 aliphatic rings. The van der Waals surface area contributed by atoms with Gasteiger partial charge in [0.05, 0.1) is 5.60 Å². The molecule has 0 unspecified atom stereocenters. The van der Waals surface area contributed by atoms with Gasteiger partial charge in [-0.25, -0.2) is 0 Å². The Morgan fingerprint density at radius 2 is 1.85 bits per heavy atom. The van der Waals surface area contributed by atoms with Gasteiger partial charge in [0.25, 0.3) is 0 Å². The molecule has 0 amide bonds. The third-order valence-corrected chi connectivity index (χ3v) is 3.81. The fourth-order valence-electron chi connectivity index (χ4n) is 2.34. The van der Waals surface area contributed by atoms with Gasteiger partial charge in [-0.3, -0.25) is 0 Å². The molecule has 2 heteroatoms. The Bertz CT molecular complexity index is 185. The van der Waals surface area contributed by atoms with Gasteiger partial charge in [-0.05, 0) is 44.1 Å².